The molecule has 2 aliphatic rings. The summed E-state index contributed by atoms with van der Waals surface area (Å²) >= 11 is 6.04. The number of carbonyl (C=O) groups excluding carboxylic acids is 1. The number of nitrogens with zero attached hydrogens (tertiary/aromatic N) is 4. The van der Waals surface area contributed by atoms with E-state index in [-0.39, 0.29) is 18.1 Å². The second-order valence-electron chi connectivity index (χ2n) is 11.1. The van der Waals surface area contributed by atoms with E-state index in [0.29, 0.717) is 16.7 Å². The molecule has 3 heterocycles. The van der Waals surface area contributed by atoms with Crippen molar-refractivity contribution in [2.75, 3.05) is 18.4 Å². The standard InChI is InChI=1S/C31H33ClFN5O2/c32-23-13-24(33)15-25(14-23)35-31-34-16-28-29(18-38(30(28)36-31)26-5-7-27(40)8-6-26)22-3-1-20(2-4-22)17-37-11-9-21(19-39)10-12-37/h1-4,13-16,18-19,21,26-27,40H,5-12,17H2,(H,34,35,36). The molecule has 7 nitrogen and oxygen atoms in total. The number of aliphatic hydroxyl groups is 1. The average Bonchev–Trinajstić information content (AvgIpc) is 3.32. The third kappa shape index (κ3) is 5.89. The number of aliphatic hydroxyl groups excluding tert-OH is 1. The van der Waals surface area contributed by atoms with E-state index in [4.69, 9.17) is 16.6 Å². The Balaban J connectivity index is 1.29. The lowest BCUT2D eigenvalue weighted by Gasteiger charge is -2.29. The maximum absolute atomic E-state index is 13.9. The van der Waals surface area contributed by atoms with Gasteiger partial charge in [0.15, 0.2) is 0 Å². The fourth-order valence-corrected chi connectivity index (χ4v) is 6.21. The Kier molecular flexibility index (Phi) is 7.82. The summed E-state index contributed by atoms with van der Waals surface area (Å²) in [5.74, 6) is 0.133. The van der Waals surface area contributed by atoms with E-state index >= 15 is 0 Å². The summed E-state index contributed by atoms with van der Waals surface area (Å²) in [5.41, 5.74) is 4.67. The molecule has 40 heavy (non-hydrogen) atoms. The Hall–Kier alpha value is -3.33. The van der Waals surface area contributed by atoms with Crippen molar-refractivity contribution in [3.8, 4) is 11.1 Å². The van der Waals surface area contributed by atoms with Crippen molar-refractivity contribution >= 4 is 40.6 Å². The van der Waals surface area contributed by atoms with Gasteiger partial charge in [0.05, 0.1) is 6.10 Å². The molecule has 0 bridgehead atoms. The first-order valence-electron chi connectivity index (χ1n) is 14.0. The number of benzene rings is 2. The fourth-order valence-electron chi connectivity index (χ4n) is 5.98. The number of halogens is 2. The van der Waals surface area contributed by atoms with Crippen LogP contribution in [0.2, 0.25) is 5.02 Å². The third-order valence-corrected chi connectivity index (χ3v) is 8.46. The maximum atomic E-state index is 13.9. The molecule has 1 aliphatic carbocycles. The van der Waals surface area contributed by atoms with Crippen molar-refractivity contribution in [3.05, 3.63) is 71.3 Å². The second-order valence-corrected chi connectivity index (χ2v) is 11.5. The minimum Gasteiger partial charge on any atom is -0.393 e. The van der Waals surface area contributed by atoms with E-state index in [1.165, 1.54) is 17.7 Å². The number of hydrogen-bond acceptors (Lipinski definition) is 6. The van der Waals surface area contributed by atoms with E-state index in [1.807, 2.05) is 6.20 Å². The molecule has 2 aromatic heterocycles. The van der Waals surface area contributed by atoms with Crippen molar-refractivity contribution in [2.24, 2.45) is 5.92 Å². The molecule has 2 aromatic carbocycles. The zero-order valence-corrected chi connectivity index (χ0v) is 23.0. The maximum Gasteiger partial charge on any atom is 0.229 e. The van der Waals surface area contributed by atoms with Gasteiger partial charge >= 0.3 is 0 Å². The van der Waals surface area contributed by atoms with Gasteiger partial charge in [-0.1, -0.05) is 35.9 Å². The Morgan fingerprint density at radius 2 is 1.80 bits per heavy atom. The van der Waals surface area contributed by atoms with Gasteiger partial charge in [0.1, 0.15) is 17.8 Å². The lowest BCUT2D eigenvalue weighted by atomic mass is 9.93. The third-order valence-electron chi connectivity index (χ3n) is 8.25. The van der Waals surface area contributed by atoms with Gasteiger partial charge < -0.3 is 19.8 Å². The number of aldehydes is 1. The molecular weight excluding hydrogens is 529 g/mol. The number of likely N-dealkylation sites (tertiary alicyclic amines) is 1. The van der Waals surface area contributed by atoms with Crippen LogP contribution < -0.4 is 5.32 Å². The largest absolute Gasteiger partial charge is 0.393 e. The Bertz CT molecular complexity index is 1470. The fraction of sp³-hybridized carbons (Fsp3) is 0.387. The molecule has 0 atom stereocenters. The molecule has 6 rings (SSSR count). The topological polar surface area (TPSA) is 83.3 Å². The molecule has 2 N–H and O–H groups in total. The zero-order valence-electron chi connectivity index (χ0n) is 22.3. The van der Waals surface area contributed by atoms with Gasteiger partial charge in [0, 0.05) is 52.6 Å². The van der Waals surface area contributed by atoms with Crippen molar-refractivity contribution < 1.29 is 14.3 Å². The normalized spacial score (nSPS) is 20.6. The first kappa shape index (κ1) is 26.9. The Labute approximate surface area is 238 Å². The highest BCUT2D eigenvalue weighted by atomic mass is 35.5. The zero-order chi connectivity index (χ0) is 27.6. The van der Waals surface area contributed by atoms with E-state index < -0.39 is 5.82 Å². The average molecular weight is 562 g/mol. The van der Waals surface area contributed by atoms with Crippen LogP contribution in [-0.4, -0.2) is 50.0 Å². The van der Waals surface area contributed by atoms with Gasteiger partial charge in [0.25, 0.3) is 0 Å². The van der Waals surface area contributed by atoms with E-state index in [0.717, 1.165) is 86.6 Å². The summed E-state index contributed by atoms with van der Waals surface area (Å²) in [4.78, 5) is 22.9. The van der Waals surface area contributed by atoms with Crippen LogP contribution in [0.4, 0.5) is 16.0 Å². The first-order chi connectivity index (χ1) is 19.4. The van der Waals surface area contributed by atoms with Crippen molar-refractivity contribution in [2.45, 2.75) is 57.2 Å². The summed E-state index contributed by atoms with van der Waals surface area (Å²) in [6, 6.07) is 13.1. The minimum atomic E-state index is -0.434. The van der Waals surface area contributed by atoms with Crippen LogP contribution in [0, 0.1) is 11.7 Å². The molecule has 1 saturated heterocycles. The molecule has 0 spiro atoms. The predicted molar refractivity (Wildman–Crippen MR) is 155 cm³/mol. The number of aromatic nitrogens is 3. The van der Waals surface area contributed by atoms with Gasteiger partial charge in [-0.15, -0.1) is 0 Å². The van der Waals surface area contributed by atoms with Gasteiger partial charge in [0.2, 0.25) is 5.95 Å². The lowest BCUT2D eigenvalue weighted by Crippen LogP contribution is -2.33. The molecule has 4 aromatic rings. The molecule has 2 fully saturated rings. The highest BCUT2D eigenvalue weighted by molar-refractivity contribution is 6.30. The van der Waals surface area contributed by atoms with Gasteiger partial charge in [-0.25, -0.2) is 9.37 Å². The predicted octanol–water partition coefficient (Wildman–Crippen LogP) is 6.52. The van der Waals surface area contributed by atoms with Crippen molar-refractivity contribution in [3.63, 3.8) is 0 Å². The molecular formula is C31H33ClFN5O2. The van der Waals surface area contributed by atoms with E-state index in [1.54, 1.807) is 6.07 Å². The molecule has 1 aliphatic heterocycles. The van der Waals surface area contributed by atoms with Gasteiger partial charge in [-0.3, -0.25) is 4.90 Å². The van der Waals surface area contributed by atoms with Crippen LogP contribution in [0.5, 0.6) is 0 Å². The molecule has 1 saturated carbocycles. The number of carbonyl (C=O) groups is 1. The summed E-state index contributed by atoms with van der Waals surface area (Å²) in [5, 5.41) is 14.4. The lowest BCUT2D eigenvalue weighted by molar-refractivity contribution is -0.112. The summed E-state index contributed by atoms with van der Waals surface area (Å²) in [6.07, 6.45) is 9.95. The second kappa shape index (κ2) is 11.6. The molecule has 9 heteroatoms. The van der Waals surface area contributed by atoms with E-state index in [9.17, 15) is 14.3 Å². The minimum absolute atomic E-state index is 0.202. The number of hydrogen-bond donors (Lipinski definition) is 2. The van der Waals surface area contributed by atoms with Crippen LogP contribution in [-0.2, 0) is 11.3 Å². The quantitative estimate of drug-likeness (QED) is 0.250. The molecule has 0 amide bonds. The molecule has 0 radical (unpaired) electrons. The van der Waals surface area contributed by atoms with Crippen LogP contribution in [0.1, 0.15) is 50.1 Å². The summed E-state index contributed by atoms with van der Waals surface area (Å²) < 4.78 is 16.1. The number of piperidine rings is 1. The van der Waals surface area contributed by atoms with Crippen LogP contribution in [0.25, 0.3) is 22.2 Å². The highest BCUT2D eigenvalue weighted by Gasteiger charge is 2.25. The van der Waals surface area contributed by atoms with Gasteiger partial charge in [-0.2, -0.15) is 4.98 Å². The number of nitrogens with one attached hydrogen (secondary N) is 1. The number of anilines is 2. The van der Waals surface area contributed by atoms with Crippen LogP contribution in [0.3, 0.4) is 0 Å². The van der Waals surface area contributed by atoms with Crippen LogP contribution >= 0.6 is 11.6 Å². The van der Waals surface area contributed by atoms with Crippen molar-refractivity contribution in [1.29, 1.82) is 0 Å². The van der Waals surface area contributed by atoms with Crippen molar-refractivity contribution in [1.82, 2.24) is 19.4 Å². The van der Waals surface area contributed by atoms with E-state index in [2.05, 4.69) is 50.2 Å². The highest BCUT2D eigenvalue weighted by Crippen LogP contribution is 2.37. The molecule has 208 valence electrons. The number of fused-ring (bicyclic) bond motifs is 1. The molecule has 0 unspecified atom stereocenters. The number of rotatable bonds is 7. The van der Waals surface area contributed by atoms with Crippen LogP contribution in [0.15, 0.2) is 54.9 Å². The van der Waals surface area contributed by atoms with Gasteiger partial charge in [-0.05, 0) is 80.9 Å². The summed E-state index contributed by atoms with van der Waals surface area (Å²) in [6.45, 7) is 2.77. The SMILES string of the molecule is O=CC1CCN(Cc2ccc(-c3cn(C4CCC(O)CC4)c4nc(Nc5cc(F)cc(Cl)c5)ncc34)cc2)CC1. The Morgan fingerprint density at radius 3 is 2.50 bits per heavy atom. The Morgan fingerprint density at radius 1 is 1.05 bits per heavy atom. The summed E-state index contributed by atoms with van der Waals surface area (Å²) in [7, 11) is 0. The smallest absolute Gasteiger partial charge is 0.229 e. The monoisotopic (exact) mass is 561 g/mol. The first-order valence-corrected chi connectivity index (χ1v) is 14.4.